The SMILES string of the molecule is CC(NC(=O)CN)C(=O)NC(CO)C(=O)NC(CC(=O)O)C(=O)O. The lowest BCUT2D eigenvalue weighted by Gasteiger charge is -2.21. The van der Waals surface area contributed by atoms with Gasteiger partial charge in [0.1, 0.15) is 18.1 Å². The summed E-state index contributed by atoms with van der Waals surface area (Å²) < 4.78 is 0. The predicted molar refractivity (Wildman–Crippen MR) is 77.5 cm³/mol. The summed E-state index contributed by atoms with van der Waals surface area (Å²) in [6.45, 7) is 0.0886. The van der Waals surface area contributed by atoms with Crippen molar-refractivity contribution >= 4 is 29.7 Å². The van der Waals surface area contributed by atoms with Gasteiger partial charge in [0.05, 0.1) is 19.6 Å². The molecule has 3 amide bonds. The fourth-order valence-corrected chi connectivity index (χ4v) is 1.50. The van der Waals surface area contributed by atoms with E-state index < -0.39 is 60.8 Å². The molecule has 0 rings (SSSR count). The van der Waals surface area contributed by atoms with Crippen LogP contribution in [0.5, 0.6) is 0 Å². The Kier molecular flexibility index (Phi) is 8.97. The molecule has 136 valence electrons. The molecule has 0 aromatic heterocycles. The van der Waals surface area contributed by atoms with Crippen molar-refractivity contribution in [3.05, 3.63) is 0 Å². The third kappa shape index (κ3) is 7.51. The average Bonchev–Trinajstić information content (AvgIpc) is 2.50. The van der Waals surface area contributed by atoms with E-state index in [0.717, 1.165) is 0 Å². The van der Waals surface area contributed by atoms with Crippen LogP contribution >= 0.6 is 0 Å². The Morgan fingerprint density at radius 3 is 1.92 bits per heavy atom. The first-order valence-electron chi connectivity index (χ1n) is 6.78. The van der Waals surface area contributed by atoms with E-state index in [9.17, 15) is 24.0 Å². The zero-order valence-electron chi connectivity index (χ0n) is 12.8. The maximum Gasteiger partial charge on any atom is 0.326 e. The summed E-state index contributed by atoms with van der Waals surface area (Å²) in [5.41, 5.74) is 5.07. The largest absolute Gasteiger partial charge is 0.481 e. The lowest BCUT2D eigenvalue weighted by molar-refractivity contribution is -0.147. The molecule has 0 aromatic rings. The van der Waals surface area contributed by atoms with E-state index in [1.54, 1.807) is 0 Å². The highest BCUT2D eigenvalue weighted by atomic mass is 16.4. The highest BCUT2D eigenvalue weighted by Crippen LogP contribution is 1.96. The van der Waals surface area contributed by atoms with Crippen LogP contribution in [0.3, 0.4) is 0 Å². The van der Waals surface area contributed by atoms with E-state index in [-0.39, 0.29) is 6.54 Å². The molecular formula is C12H20N4O8. The highest BCUT2D eigenvalue weighted by molar-refractivity contribution is 5.94. The van der Waals surface area contributed by atoms with Crippen molar-refractivity contribution in [2.45, 2.75) is 31.5 Å². The molecule has 0 aromatic carbocycles. The van der Waals surface area contributed by atoms with Crippen molar-refractivity contribution in [3.63, 3.8) is 0 Å². The quantitative estimate of drug-likeness (QED) is 0.205. The maximum absolute atomic E-state index is 11.9. The van der Waals surface area contributed by atoms with E-state index >= 15 is 0 Å². The van der Waals surface area contributed by atoms with Crippen LogP contribution in [0.2, 0.25) is 0 Å². The molecule has 0 aliphatic carbocycles. The Morgan fingerprint density at radius 1 is 0.958 bits per heavy atom. The fourth-order valence-electron chi connectivity index (χ4n) is 1.50. The molecule has 0 aliphatic heterocycles. The Labute approximate surface area is 136 Å². The van der Waals surface area contributed by atoms with Crippen LogP contribution in [0, 0.1) is 0 Å². The molecule has 0 radical (unpaired) electrons. The number of nitrogens with two attached hydrogens (primary N) is 1. The molecule has 3 atom stereocenters. The van der Waals surface area contributed by atoms with Crippen molar-refractivity contribution in [3.8, 4) is 0 Å². The Hall–Kier alpha value is -2.73. The first kappa shape index (κ1) is 21.3. The van der Waals surface area contributed by atoms with Crippen molar-refractivity contribution in [1.82, 2.24) is 16.0 Å². The number of aliphatic hydroxyl groups is 1. The van der Waals surface area contributed by atoms with Crippen molar-refractivity contribution < 1.29 is 39.3 Å². The molecule has 8 N–H and O–H groups in total. The fraction of sp³-hybridized carbons (Fsp3) is 0.583. The average molecular weight is 348 g/mol. The number of aliphatic hydroxyl groups excluding tert-OH is 1. The van der Waals surface area contributed by atoms with Crippen molar-refractivity contribution in [2.24, 2.45) is 5.73 Å². The van der Waals surface area contributed by atoms with E-state index in [2.05, 4.69) is 10.6 Å². The van der Waals surface area contributed by atoms with Gasteiger partial charge in [-0.3, -0.25) is 19.2 Å². The normalized spacial score (nSPS) is 14.0. The van der Waals surface area contributed by atoms with Gasteiger partial charge >= 0.3 is 11.9 Å². The summed E-state index contributed by atoms with van der Waals surface area (Å²) in [4.78, 5) is 56.2. The number of carbonyl (C=O) groups excluding carboxylic acids is 3. The van der Waals surface area contributed by atoms with Crippen molar-refractivity contribution in [1.29, 1.82) is 0 Å². The van der Waals surface area contributed by atoms with Gasteiger partial charge in [-0.05, 0) is 6.92 Å². The first-order valence-corrected chi connectivity index (χ1v) is 6.78. The molecule has 0 saturated heterocycles. The summed E-state index contributed by atoms with van der Waals surface area (Å²) in [6.07, 6.45) is -0.879. The number of carbonyl (C=O) groups is 5. The predicted octanol–water partition coefficient (Wildman–Crippen LogP) is -4.03. The lowest BCUT2D eigenvalue weighted by Crippen LogP contribution is -2.56. The molecule has 0 spiro atoms. The second kappa shape index (κ2) is 10.1. The summed E-state index contributed by atoms with van der Waals surface area (Å²) in [6, 6.07) is -4.31. The molecule has 0 aliphatic rings. The minimum atomic E-state index is -1.73. The Bertz CT molecular complexity index is 509. The third-order valence-electron chi connectivity index (χ3n) is 2.77. The summed E-state index contributed by atoms with van der Waals surface area (Å²) in [7, 11) is 0. The van der Waals surface area contributed by atoms with Gasteiger partial charge < -0.3 is 37.0 Å². The van der Waals surface area contributed by atoms with E-state index in [1.165, 1.54) is 6.92 Å². The van der Waals surface area contributed by atoms with E-state index in [0.29, 0.717) is 0 Å². The smallest absolute Gasteiger partial charge is 0.326 e. The first-order chi connectivity index (χ1) is 11.1. The molecule has 3 unspecified atom stereocenters. The van der Waals surface area contributed by atoms with Gasteiger partial charge in [-0.15, -0.1) is 0 Å². The van der Waals surface area contributed by atoms with Gasteiger partial charge in [-0.2, -0.15) is 0 Å². The number of nitrogens with one attached hydrogen (secondary N) is 3. The molecule has 24 heavy (non-hydrogen) atoms. The van der Waals surface area contributed by atoms with Crippen LogP contribution in [0.1, 0.15) is 13.3 Å². The molecule has 0 fully saturated rings. The second-order valence-corrected chi connectivity index (χ2v) is 4.73. The van der Waals surface area contributed by atoms with Crippen LogP contribution in [0.25, 0.3) is 0 Å². The Morgan fingerprint density at radius 2 is 1.50 bits per heavy atom. The van der Waals surface area contributed by atoms with Crippen LogP contribution < -0.4 is 21.7 Å². The molecule has 0 bridgehead atoms. The number of hydrogen-bond acceptors (Lipinski definition) is 7. The highest BCUT2D eigenvalue weighted by Gasteiger charge is 2.28. The van der Waals surface area contributed by atoms with Crippen molar-refractivity contribution in [2.75, 3.05) is 13.2 Å². The summed E-state index contributed by atoms with van der Waals surface area (Å²) in [5.74, 6) is -5.56. The van der Waals surface area contributed by atoms with Crippen LogP contribution in [0.15, 0.2) is 0 Å². The molecule has 0 heterocycles. The molecule has 12 heteroatoms. The van der Waals surface area contributed by atoms with Gasteiger partial charge in [0, 0.05) is 0 Å². The van der Waals surface area contributed by atoms with E-state index in [4.69, 9.17) is 21.1 Å². The van der Waals surface area contributed by atoms with Gasteiger partial charge in [-0.1, -0.05) is 0 Å². The number of rotatable bonds is 10. The van der Waals surface area contributed by atoms with Gasteiger partial charge in [-0.25, -0.2) is 4.79 Å². The number of aliphatic carboxylic acids is 2. The van der Waals surface area contributed by atoms with Crippen LogP contribution in [0.4, 0.5) is 0 Å². The van der Waals surface area contributed by atoms with Gasteiger partial charge in [0.25, 0.3) is 0 Å². The second-order valence-electron chi connectivity index (χ2n) is 4.73. The zero-order chi connectivity index (χ0) is 18.9. The number of hydrogen-bond donors (Lipinski definition) is 7. The molecule has 12 nitrogen and oxygen atoms in total. The summed E-state index contributed by atoms with van der Waals surface area (Å²) >= 11 is 0. The number of carboxylic acid groups (broad SMARTS) is 2. The van der Waals surface area contributed by atoms with Crippen LogP contribution in [-0.4, -0.2) is 76.3 Å². The monoisotopic (exact) mass is 348 g/mol. The van der Waals surface area contributed by atoms with E-state index in [1.807, 2.05) is 5.32 Å². The van der Waals surface area contributed by atoms with Gasteiger partial charge in [0.15, 0.2) is 0 Å². The zero-order valence-corrected chi connectivity index (χ0v) is 12.8. The van der Waals surface area contributed by atoms with Crippen LogP contribution in [-0.2, 0) is 24.0 Å². The molecular weight excluding hydrogens is 328 g/mol. The third-order valence-corrected chi connectivity index (χ3v) is 2.77. The minimum absolute atomic E-state index is 0.350. The van der Waals surface area contributed by atoms with Gasteiger partial charge in [0.2, 0.25) is 17.7 Å². The topological polar surface area (TPSA) is 208 Å². The standard InChI is InChI=1S/C12H20N4O8/c1-5(14-8(18)3-13)10(21)16-7(4-17)11(22)15-6(12(23)24)2-9(19)20/h5-7,17H,2-4,13H2,1H3,(H,14,18)(H,15,22)(H,16,21)(H,19,20)(H,23,24). The lowest BCUT2D eigenvalue weighted by atomic mass is 10.1. The maximum atomic E-state index is 11.9. The molecule has 0 saturated carbocycles. The Balaban J connectivity index is 4.79. The number of amides is 3. The number of carboxylic acids is 2. The minimum Gasteiger partial charge on any atom is -0.481 e. The summed E-state index contributed by atoms with van der Waals surface area (Å²) in [5, 5.41) is 32.8.